The highest BCUT2D eigenvalue weighted by Gasteiger charge is 2.23. The lowest BCUT2D eigenvalue weighted by Crippen LogP contribution is -2.52. The number of nitrogens with zero attached hydrogens (tertiary/aromatic N) is 2. The van der Waals surface area contributed by atoms with E-state index in [1.54, 1.807) is 24.3 Å². The molecule has 7 nitrogen and oxygen atoms in total. The van der Waals surface area contributed by atoms with Crippen molar-refractivity contribution in [3.8, 4) is 5.75 Å². The Kier molecular flexibility index (Phi) is 6.94. The van der Waals surface area contributed by atoms with Crippen LogP contribution in [0, 0.1) is 0 Å². The number of carbonyl (C=O) groups excluding carboxylic acids is 2. The molecule has 37 heavy (non-hydrogen) atoms. The largest absolute Gasteiger partial charge is 0.508 e. The van der Waals surface area contributed by atoms with Crippen LogP contribution >= 0.6 is 0 Å². The number of hydrogen-bond acceptors (Lipinski definition) is 4. The minimum Gasteiger partial charge on any atom is -0.508 e. The van der Waals surface area contributed by atoms with Gasteiger partial charge in [0, 0.05) is 43.1 Å². The molecule has 188 valence electrons. The molecular weight excluding hydrogens is 464 g/mol. The maximum absolute atomic E-state index is 13.0. The van der Waals surface area contributed by atoms with E-state index in [0.29, 0.717) is 24.3 Å². The number of carbonyl (C=O) groups is 2. The molecule has 0 aromatic heterocycles. The van der Waals surface area contributed by atoms with Crippen LogP contribution in [0.3, 0.4) is 0 Å². The molecule has 1 aliphatic heterocycles. The summed E-state index contributed by atoms with van der Waals surface area (Å²) in [7, 11) is 0. The van der Waals surface area contributed by atoms with E-state index in [2.05, 4.69) is 39.8 Å². The molecule has 1 heterocycles. The summed E-state index contributed by atoms with van der Waals surface area (Å²) >= 11 is 0. The normalized spacial score (nSPS) is 14.3. The molecule has 1 fully saturated rings. The number of benzene rings is 4. The molecule has 1 atom stereocenters. The van der Waals surface area contributed by atoms with Gasteiger partial charge in [-0.2, -0.15) is 0 Å². The molecule has 0 saturated carbocycles. The molecule has 0 bridgehead atoms. The molecule has 4 aromatic rings. The summed E-state index contributed by atoms with van der Waals surface area (Å²) in [5, 5.41) is 17.7. The number of urea groups is 1. The molecule has 3 N–H and O–H groups in total. The highest BCUT2D eigenvalue weighted by molar-refractivity contribution is 6.04. The van der Waals surface area contributed by atoms with Crippen LogP contribution in [0.1, 0.15) is 28.9 Å². The van der Waals surface area contributed by atoms with Crippen molar-refractivity contribution in [2.24, 2.45) is 0 Å². The van der Waals surface area contributed by atoms with Crippen LogP contribution in [-0.4, -0.2) is 48.1 Å². The van der Waals surface area contributed by atoms with E-state index < -0.39 is 0 Å². The maximum Gasteiger partial charge on any atom is 0.317 e. The summed E-state index contributed by atoms with van der Waals surface area (Å²) in [4.78, 5) is 29.6. The van der Waals surface area contributed by atoms with E-state index in [9.17, 15) is 14.7 Å². The molecule has 7 heteroatoms. The molecule has 1 saturated heterocycles. The van der Waals surface area contributed by atoms with E-state index in [1.165, 1.54) is 17.5 Å². The van der Waals surface area contributed by atoms with Gasteiger partial charge in [-0.15, -0.1) is 0 Å². The predicted molar refractivity (Wildman–Crippen MR) is 147 cm³/mol. The van der Waals surface area contributed by atoms with Crippen LogP contribution in [-0.2, 0) is 0 Å². The van der Waals surface area contributed by atoms with Gasteiger partial charge in [-0.25, -0.2) is 4.79 Å². The number of piperazine rings is 1. The smallest absolute Gasteiger partial charge is 0.317 e. The third-order valence-corrected chi connectivity index (χ3v) is 6.82. The molecule has 4 aromatic carbocycles. The number of aromatic hydroxyl groups is 1. The fourth-order valence-corrected chi connectivity index (χ4v) is 4.72. The Morgan fingerprint density at radius 1 is 0.811 bits per heavy atom. The first kappa shape index (κ1) is 24.2. The summed E-state index contributed by atoms with van der Waals surface area (Å²) in [6, 6.07) is 28.1. The van der Waals surface area contributed by atoms with Crippen molar-refractivity contribution in [3.05, 3.63) is 102 Å². The number of anilines is 2. The maximum atomic E-state index is 13.0. The van der Waals surface area contributed by atoms with E-state index in [4.69, 9.17) is 0 Å². The predicted octanol–water partition coefficient (Wildman–Crippen LogP) is 5.39. The Hall–Kier alpha value is -4.52. The molecule has 0 unspecified atom stereocenters. The first-order chi connectivity index (χ1) is 18.0. The van der Waals surface area contributed by atoms with Crippen molar-refractivity contribution in [1.82, 2.24) is 10.2 Å². The Labute approximate surface area is 216 Å². The minimum atomic E-state index is -0.209. The van der Waals surface area contributed by atoms with Crippen LogP contribution in [0.2, 0.25) is 0 Å². The first-order valence-corrected chi connectivity index (χ1v) is 12.5. The van der Waals surface area contributed by atoms with E-state index in [1.807, 2.05) is 42.2 Å². The van der Waals surface area contributed by atoms with Crippen molar-refractivity contribution in [3.63, 3.8) is 0 Å². The van der Waals surface area contributed by atoms with Gasteiger partial charge in [-0.1, -0.05) is 42.5 Å². The number of fused-ring (bicyclic) bond motifs is 1. The monoisotopic (exact) mass is 494 g/mol. The second-order valence-corrected chi connectivity index (χ2v) is 9.26. The third kappa shape index (κ3) is 5.51. The van der Waals surface area contributed by atoms with Gasteiger partial charge in [0.25, 0.3) is 5.91 Å². The zero-order valence-electron chi connectivity index (χ0n) is 20.7. The summed E-state index contributed by atoms with van der Waals surface area (Å²) in [6.45, 7) is 4.70. The van der Waals surface area contributed by atoms with Gasteiger partial charge in [-0.05, 0) is 71.8 Å². The fourth-order valence-electron chi connectivity index (χ4n) is 4.72. The van der Waals surface area contributed by atoms with Crippen LogP contribution in [0.15, 0.2) is 91.0 Å². The lowest BCUT2D eigenvalue weighted by molar-refractivity contribution is 0.102. The van der Waals surface area contributed by atoms with Crippen molar-refractivity contribution in [2.45, 2.75) is 13.0 Å². The number of hydrogen-bond donors (Lipinski definition) is 3. The van der Waals surface area contributed by atoms with Gasteiger partial charge in [0.1, 0.15) is 5.75 Å². The standard InChI is InChI=1S/C30H30N4O3/c1-21(27-8-4-6-22-5-2-3-7-28(22)27)31-30(37)34-19-17-33(18-20-34)25-13-9-23(10-14-25)29(36)32-24-11-15-26(35)16-12-24/h2-16,21,35H,17-20H2,1H3,(H,31,37)(H,32,36)/t21-/m1/s1. The van der Waals surface area contributed by atoms with Gasteiger partial charge in [0.2, 0.25) is 0 Å². The summed E-state index contributed by atoms with van der Waals surface area (Å²) < 4.78 is 0. The topological polar surface area (TPSA) is 84.9 Å². The van der Waals surface area contributed by atoms with Gasteiger partial charge >= 0.3 is 6.03 Å². The number of phenolic OH excluding ortho intramolecular Hbond substituents is 1. The second kappa shape index (κ2) is 10.6. The summed E-state index contributed by atoms with van der Waals surface area (Å²) in [5.74, 6) is -0.0571. The van der Waals surface area contributed by atoms with Crippen molar-refractivity contribution >= 4 is 34.1 Å². The molecule has 0 spiro atoms. The quantitative estimate of drug-likeness (QED) is 0.325. The molecule has 5 rings (SSSR count). The average molecular weight is 495 g/mol. The number of rotatable bonds is 5. The Morgan fingerprint density at radius 2 is 1.49 bits per heavy atom. The number of nitrogens with one attached hydrogen (secondary N) is 2. The van der Waals surface area contributed by atoms with Crippen molar-refractivity contribution < 1.29 is 14.7 Å². The Balaban J connectivity index is 1.15. The van der Waals surface area contributed by atoms with E-state index in [-0.39, 0.29) is 23.7 Å². The Bertz CT molecular complexity index is 1390. The fraction of sp³-hybridized carbons (Fsp3) is 0.200. The van der Waals surface area contributed by atoms with Gasteiger partial charge in [-0.3, -0.25) is 4.79 Å². The van der Waals surface area contributed by atoms with Gasteiger partial charge in [0.05, 0.1) is 6.04 Å². The zero-order valence-corrected chi connectivity index (χ0v) is 20.7. The first-order valence-electron chi connectivity index (χ1n) is 12.5. The zero-order chi connectivity index (χ0) is 25.8. The van der Waals surface area contributed by atoms with Crippen LogP contribution in [0.4, 0.5) is 16.2 Å². The van der Waals surface area contributed by atoms with Gasteiger partial charge in [0.15, 0.2) is 0 Å². The molecule has 1 aliphatic rings. The lowest BCUT2D eigenvalue weighted by Gasteiger charge is -2.36. The van der Waals surface area contributed by atoms with Crippen molar-refractivity contribution in [2.75, 3.05) is 36.4 Å². The van der Waals surface area contributed by atoms with Gasteiger partial charge < -0.3 is 25.5 Å². The summed E-state index contributed by atoms with van der Waals surface area (Å²) in [6.07, 6.45) is 0. The SMILES string of the molecule is C[C@@H](NC(=O)N1CCN(c2ccc(C(=O)Nc3ccc(O)cc3)cc2)CC1)c1cccc2ccccc12. The van der Waals surface area contributed by atoms with E-state index >= 15 is 0 Å². The second-order valence-electron chi connectivity index (χ2n) is 9.26. The van der Waals surface area contributed by atoms with Crippen LogP contribution in [0.25, 0.3) is 10.8 Å². The molecular formula is C30H30N4O3. The lowest BCUT2D eigenvalue weighted by atomic mass is 10.00. The molecule has 0 aliphatic carbocycles. The minimum absolute atomic E-state index is 0.0543. The molecule has 3 amide bonds. The Morgan fingerprint density at radius 3 is 2.22 bits per heavy atom. The number of amides is 3. The molecule has 0 radical (unpaired) electrons. The highest BCUT2D eigenvalue weighted by Crippen LogP contribution is 2.25. The van der Waals surface area contributed by atoms with E-state index in [0.717, 1.165) is 29.7 Å². The number of phenols is 1. The van der Waals surface area contributed by atoms with Crippen LogP contribution < -0.4 is 15.5 Å². The van der Waals surface area contributed by atoms with Crippen molar-refractivity contribution in [1.29, 1.82) is 0 Å². The highest BCUT2D eigenvalue weighted by atomic mass is 16.3. The third-order valence-electron chi connectivity index (χ3n) is 6.82. The van der Waals surface area contributed by atoms with Crippen LogP contribution in [0.5, 0.6) is 5.75 Å². The average Bonchev–Trinajstić information content (AvgIpc) is 2.94. The summed E-state index contributed by atoms with van der Waals surface area (Å²) in [5.41, 5.74) is 3.30.